The predicted molar refractivity (Wildman–Crippen MR) is 46.1 cm³/mol. The maximum Gasteiger partial charge on any atom is 0.248 e. The number of hydrogen-bond acceptors (Lipinski definition) is 2. The average molecular weight is 156 g/mol. The molecule has 3 N–H and O–H groups in total. The Morgan fingerprint density at radius 2 is 1.91 bits per heavy atom. The van der Waals surface area contributed by atoms with Crippen LogP contribution in [0.25, 0.3) is 0 Å². The van der Waals surface area contributed by atoms with Crippen molar-refractivity contribution in [3.05, 3.63) is 11.1 Å². The number of rotatable bonds is 2. The van der Waals surface area contributed by atoms with Crippen molar-refractivity contribution in [2.45, 2.75) is 26.8 Å². The Labute approximate surface area is 67.7 Å². The van der Waals surface area contributed by atoms with Gasteiger partial charge in [0.1, 0.15) is 0 Å². The second kappa shape index (κ2) is 4.13. The minimum Gasteiger partial charge on any atom is -0.355 e. The Morgan fingerprint density at radius 3 is 2.00 bits per heavy atom. The van der Waals surface area contributed by atoms with Crippen LogP contribution >= 0.6 is 0 Å². The molecule has 0 aliphatic rings. The monoisotopic (exact) mass is 156 g/mol. The molecule has 3 nitrogen and oxygen atoms in total. The highest BCUT2D eigenvalue weighted by atomic mass is 16.1. The normalized spacial score (nSPS) is 12.1. The molecule has 0 heterocycles. The molecule has 0 aromatic carbocycles. The molecule has 1 amide bonds. The lowest BCUT2D eigenvalue weighted by Crippen LogP contribution is -2.31. The van der Waals surface area contributed by atoms with Crippen LogP contribution in [0.4, 0.5) is 0 Å². The van der Waals surface area contributed by atoms with Crippen LogP contribution in [0.5, 0.6) is 0 Å². The van der Waals surface area contributed by atoms with Crippen molar-refractivity contribution in [3.8, 4) is 0 Å². The molecule has 0 aliphatic heterocycles. The fraction of sp³-hybridized carbons (Fsp3) is 0.625. The largest absolute Gasteiger partial charge is 0.355 e. The molecule has 0 radical (unpaired) electrons. The van der Waals surface area contributed by atoms with E-state index in [1.807, 2.05) is 13.8 Å². The molecular weight excluding hydrogens is 140 g/mol. The van der Waals surface area contributed by atoms with E-state index in [2.05, 4.69) is 5.32 Å². The fourth-order valence-corrected chi connectivity index (χ4v) is 1.02. The molecule has 1 unspecified atom stereocenters. The van der Waals surface area contributed by atoms with Gasteiger partial charge in [-0.2, -0.15) is 0 Å². The number of carbonyl (C=O) groups is 1. The summed E-state index contributed by atoms with van der Waals surface area (Å²) in [5, 5.41) is 2.55. The van der Waals surface area contributed by atoms with Gasteiger partial charge in [0.2, 0.25) is 5.91 Å². The van der Waals surface area contributed by atoms with Gasteiger partial charge in [0, 0.05) is 18.7 Å². The molecule has 0 saturated heterocycles. The summed E-state index contributed by atoms with van der Waals surface area (Å²) in [5.74, 6) is -0.0833. The van der Waals surface area contributed by atoms with Gasteiger partial charge in [0.05, 0.1) is 0 Å². The lowest BCUT2D eigenvalue weighted by atomic mass is 10.0. The van der Waals surface area contributed by atoms with E-state index in [0.29, 0.717) is 5.57 Å². The summed E-state index contributed by atoms with van der Waals surface area (Å²) >= 11 is 0. The van der Waals surface area contributed by atoms with E-state index in [1.165, 1.54) is 0 Å². The summed E-state index contributed by atoms with van der Waals surface area (Å²) in [6.45, 7) is 5.57. The molecular formula is C8H16N2O. The zero-order valence-corrected chi connectivity index (χ0v) is 7.56. The van der Waals surface area contributed by atoms with Crippen LogP contribution in [0.1, 0.15) is 20.8 Å². The van der Waals surface area contributed by atoms with E-state index in [0.717, 1.165) is 5.57 Å². The first-order valence-electron chi connectivity index (χ1n) is 3.65. The van der Waals surface area contributed by atoms with E-state index >= 15 is 0 Å². The van der Waals surface area contributed by atoms with Gasteiger partial charge in [-0.15, -0.1) is 0 Å². The summed E-state index contributed by atoms with van der Waals surface area (Å²) in [6.07, 6.45) is 0. The number of hydrogen-bond donors (Lipinski definition) is 2. The van der Waals surface area contributed by atoms with Crippen molar-refractivity contribution in [2.24, 2.45) is 5.73 Å². The summed E-state index contributed by atoms with van der Waals surface area (Å²) < 4.78 is 0. The van der Waals surface area contributed by atoms with E-state index in [1.54, 1.807) is 14.0 Å². The predicted octanol–water partition coefficient (Wildman–Crippen LogP) is 0.416. The van der Waals surface area contributed by atoms with Gasteiger partial charge in [0.25, 0.3) is 0 Å². The zero-order chi connectivity index (χ0) is 9.02. The number of allylic oxidation sites excluding steroid dienone is 1. The molecule has 0 fully saturated rings. The lowest BCUT2D eigenvalue weighted by molar-refractivity contribution is -0.117. The van der Waals surface area contributed by atoms with Crippen LogP contribution < -0.4 is 11.1 Å². The highest BCUT2D eigenvalue weighted by Crippen LogP contribution is 2.06. The van der Waals surface area contributed by atoms with Crippen LogP contribution in [0.2, 0.25) is 0 Å². The minimum atomic E-state index is -0.194. The third-order valence-corrected chi connectivity index (χ3v) is 1.47. The molecule has 0 saturated carbocycles. The SMILES string of the molecule is CNC(=O)C(=C(C)C)C(C)N. The zero-order valence-electron chi connectivity index (χ0n) is 7.56. The molecule has 0 aromatic rings. The summed E-state index contributed by atoms with van der Waals surface area (Å²) in [7, 11) is 1.60. The van der Waals surface area contributed by atoms with Crippen molar-refractivity contribution in [1.82, 2.24) is 5.32 Å². The van der Waals surface area contributed by atoms with Gasteiger partial charge in [-0.05, 0) is 20.8 Å². The molecule has 0 rings (SSSR count). The van der Waals surface area contributed by atoms with E-state index in [4.69, 9.17) is 5.73 Å². The number of amides is 1. The lowest BCUT2D eigenvalue weighted by Gasteiger charge is -2.11. The number of nitrogens with two attached hydrogens (primary N) is 1. The Morgan fingerprint density at radius 1 is 1.45 bits per heavy atom. The Balaban J connectivity index is 4.64. The Kier molecular flexibility index (Phi) is 3.82. The van der Waals surface area contributed by atoms with Gasteiger partial charge in [0.15, 0.2) is 0 Å². The van der Waals surface area contributed by atoms with Crippen molar-refractivity contribution < 1.29 is 4.79 Å². The smallest absolute Gasteiger partial charge is 0.248 e. The third kappa shape index (κ3) is 2.72. The molecule has 11 heavy (non-hydrogen) atoms. The number of carbonyl (C=O) groups excluding carboxylic acids is 1. The summed E-state index contributed by atoms with van der Waals surface area (Å²) in [4.78, 5) is 11.1. The first-order chi connectivity index (χ1) is 5.00. The minimum absolute atomic E-state index is 0.0833. The van der Waals surface area contributed by atoms with Crippen LogP contribution in [-0.2, 0) is 4.79 Å². The topological polar surface area (TPSA) is 55.1 Å². The van der Waals surface area contributed by atoms with Crippen LogP contribution in [-0.4, -0.2) is 19.0 Å². The first kappa shape index (κ1) is 10.2. The van der Waals surface area contributed by atoms with E-state index in [9.17, 15) is 4.79 Å². The molecule has 0 spiro atoms. The average Bonchev–Trinajstić information content (AvgIpc) is 1.85. The van der Waals surface area contributed by atoms with Gasteiger partial charge in [-0.3, -0.25) is 4.79 Å². The van der Waals surface area contributed by atoms with E-state index < -0.39 is 0 Å². The van der Waals surface area contributed by atoms with Gasteiger partial charge < -0.3 is 11.1 Å². The van der Waals surface area contributed by atoms with Crippen molar-refractivity contribution in [1.29, 1.82) is 0 Å². The molecule has 0 aliphatic carbocycles. The highest BCUT2D eigenvalue weighted by Gasteiger charge is 2.12. The quantitative estimate of drug-likeness (QED) is 0.569. The van der Waals surface area contributed by atoms with Crippen LogP contribution in [0.15, 0.2) is 11.1 Å². The van der Waals surface area contributed by atoms with E-state index in [-0.39, 0.29) is 11.9 Å². The Hall–Kier alpha value is -0.830. The van der Waals surface area contributed by atoms with Crippen molar-refractivity contribution >= 4 is 5.91 Å². The second-order valence-corrected chi connectivity index (χ2v) is 2.78. The summed E-state index contributed by atoms with van der Waals surface area (Å²) in [5.41, 5.74) is 7.24. The number of likely N-dealkylation sites (N-methyl/N-ethyl adjacent to an activating group) is 1. The molecule has 3 heteroatoms. The standard InChI is InChI=1S/C8H16N2O/c1-5(2)7(6(3)9)8(11)10-4/h6H,9H2,1-4H3,(H,10,11). The van der Waals surface area contributed by atoms with Crippen LogP contribution in [0.3, 0.4) is 0 Å². The molecule has 0 aromatic heterocycles. The van der Waals surface area contributed by atoms with Crippen molar-refractivity contribution in [2.75, 3.05) is 7.05 Å². The maximum atomic E-state index is 11.1. The number of nitrogens with one attached hydrogen (secondary N) is 1. The molecule has 64 valence electrons. The second-order valence-electron chi connectivity index (χ2n) is 2.78. The van der Waals surface area contributed by atoms with Gasteiger partial charge in [-0.1, -0.05) is 5.57 Å². The summed E-state index contributed by atoms with van der Waals surface area (Å²) in [6, 6.07) is -0.194. The van der Waals surface area contributed by atoms with Gasteiger partial charge >= 0.3 is 0 Å². The van der Waals surface area contributed by atoms with Crippen LogP contribution in [0, 0.1) is 0 Å². The maximum absolute atomic E-state index is 11.1. The first-order valence-corrected chi connectivity index (χ1v) is 3.65. The van der Waals surface area contributed by atoms with Gasteiger partial charge in [-0.25, -0.2) is 0 Å². The molecule has 0 bridgehead atoms. The molecule has 1 atom stereocenters. The highest BCUT2D eigenvalue weighted by molar-refractivity contribution is 5.94. The van der Waals surface area contributed by atoms with Crippen molar-refractivity contribution in [3.63, 3.8) is 0 Å². The fourth-order valence-electron chi connectivity index (χ4n) is 1.02. The Bertz CT molecular complexity index is 179. The third-order valence-electron chi connectivity index (χ3n) is 1.47.